The molecular formula is C25H20N4O2S2. The smallest absolute Gasteiger partial charge is 0.263 e. The quantitative estimate of drug-likeness (QED) is 0.199. The van der Waals surface area contributed by atoms with Gasteiger partial charge in [0.1, 0.15) is 10.5 Å². The van der Waals surface area contributed by atoms with E-state index in [0.717, 1.165) is 11.1 Å². The van der Waals surface area contributed by atoms with Crippen LogP contribution in [0.25, 0.3) is 27.0 Å². The molecule has 0 aliphatic carbocycles. The second-order valence-corrected chi connectivity index (χ2v) is 9.40. The van der Waals surface area contributed by atoms with Crippen molar-refractivity contribution in [1.82, 2.24) is 18.9 Å². The largest absolute Gasteiger partial charge is 0.283 e. The van der Waals surface area contributed by atoms with Crippen molar-refractivity contribution in [3.8, 4) is 11.1 Å². The second-order valence-electron chi connectivity index (χ2n) is 7.60. The number of thioether (sulfide) groups is 1. The molecule has 4 aromatic heterocycles. The fourth-order valence-corrected chi connectivity index (χ4v) is 5.56. The molecule has 6 nitrogen and oxygen atoms in total. The minimum atomic E-state index is -0.135. The van der Waals surface area contributed by atoms with Gasteiger partial charge in [0.15, 0.2) is 5.16 Å². The first kappa shape index (κ1) is 21.4. The van der Waals surface area contributed by atoms with Gasteiger partial charge in [-0.2, -0.15) is 0 Å². The standard InChI is InChI=1S/C25H20N4O2S2/c1-3-11-29-24(31)22-19(17-9-7-16(2)8-10-17)15-32-23(22)27-25(29)33-14-18-13-21(30)28-12-5-4-6-20(28)26-18/h3-10,12-13,15H,1,11,14H2,2H3. The maximum absolute atomic E-state index is 13.5. The molecule has 5 rings (SSSR count). The van der Waals surface area contributed by atoms with Crippen LogP contribution in [0.3, 0.4) is 0 Å². The summed E-state index contributed by atoms with van der Waals surface area (Å²) in [4.78, 5) is 36.0. The monoisotopic (exact) mass is 472 g/mol. The molecule has 0 unspecified atom stereocenters. The summed E-state index contributed by atoms with van der Waals surface area (Å²) in [5.74, 6) is 0.423. The van der Waals surface area contributed by atoms with Crippen LogP contribution in [0, 0.1) is 6.92 Å². The molecule has 164 valence electrons. The van der Waals surface area contributed by atoms with Crippen LogP contribution in [-0.2, 0) is 12.3 Å². The summed E-state index contributed by atoms with van der Waals surface area (Å²) in [6, 6.07) is 15.1. The summed E-state index contributed by atoms with van der Waals surface area (Å²) in [5.41, 5.74) is 4.06. The molecule has 0 saturated carbocycles. The van der Waals surface area contributed by atoms with Gasteiger partial charge in [0.2, 0.25) is 0 Å². The number of allylic oxidation sites excluding steroid dienone is 1. The molecule has 0 aliphatic heterocycles. The van der Waals surface area contributed by atoms with E-state index in [1.165, 1.54) is 39.1 Å². The fraction of sp³-hybridized carbons (Fsp3) is 0.120. The Kier molecular flexibility index (Phi) is 5.70. The number of hydrogen-bond acceptors (Lipinski definition) is 6. The third kappa shape index (κ3) is 4.03. The summed E-state index contributed by atoms with van der Waals surface area (Å²) in [5, 5.41) is 3.19. The summed E-state index contributed by atoms with van der Waals surface area (Å²) < 4.78 is 3.14. The highest BCUT2D eigenvalue weighted by atomic mass is 32.2. The van der Waals surface area contributed by atoms with Crippen molar-refractivity contribution in [3.05, 3.63) is 105 Å². The summed E-state index contributed by atoms with van der Waals surface area (Å²) >= 11 is 2.85. The Balaban J connectivity index is 1.55. The van der Waals surface area contributed by atoms with Crippen molar-refractivity contribution >= 4 is 39.0 Å². The van der Waals surface area contributed by atoms with Gasteiger partial charge in [-0.05, 0) is 24.6 Å². The number of pyridine rings is 1. The van der Waals surface area contributed by atoms with E-state index in [-0.39, 0.29) is 11.1 Å². The molecule has 0 aliphatic rings. The number of benzene rings is 1. The second kappa shape index (κ2) is 8.80. The number of hydrogen-bond donors (Lipinski definition) is 0. The maximum atomic E-state index is 13.5. The zero-order chi connectivity index (χ0) is 22.9. The lowest BCUT2D eigenvalue weighted by Gasteiger charge is -2.11. The first-order chi connectivity index (χ1) is 16.0. The van der Waals surface area contributed by atoms with Crippen molar-refractivity contribution in [2.24, 2.45) is 0 Å². The predicted octanol–water partition coefficient (Wildman–Crippen LogP) is 4.92. The SMILES string of the molecule is C=CCn1c(SCc2cc(=O)n3ccccc3n2)nc2scc(-c3ccc(C)cc3)c2c1=O. The normalized spacial score (nSPS) is 11.3. The highest BCUT2D eigenvalue weighted by molar-refractivity contribution is 7.98. The zero-order valence-corrected chi connectivity index (χ0v) is 19.5. The van der Waals surface area contributed by atoms with Crippen LogP contribution in [0.2, 0.25) is 0 Å². The van der Waals surface area contributed by atoms with Crippen LogP contribution in [0.5, 0.6) is 0 Å². The Bertz CT molecular complexity index is 1610. The molecule has 0 radical (unpaired) electrons. The molecule has 5 aromatic rings. The van der Waals surface area contributed by atoms with Gasteiger partial charge in [-0.15, -0.1) is 17.9 Å². The topological polar surface area (TPSA) is 69.3 Å². The number of aromatic nitrogens is 4. The highest BCUT2D eigenvalue weighted by Crippen LogP contribution is 2.32. The lowest BCUT2D eigenvalue weighted by Crippen LogP contribution is -2.22. The van der Waals surface area contributed by atoms with E-state index >= 15 is 0 Å². The molecular weight excluding hydrogens is 452 g/mol. The van der Waals surface area contributed by atoms with Gasteiger partial charge in [-0.1, -0.05) is 53.7 Å². The highest BCUT2D eigenvalue weighted by Gasteiger charge is 2.17. The van der Waals surface area contributed by atoms with Gasteiger partial charge in [-0.25, -0.2) is 9.97 Å². The molecule has 8 heteroatoms. The first-order valence-corrected chi connectivity index (χ1v) is 12.2. The molecule has 0 saturated heterocycles. The number of thiophene rings is 1. The molecule has 4 heterocycles. The van der Waals surface area contributed by atoms with E-state index in [1.807, 2.05) is 42.6 Å². The van der Waals surface area contributed by atoms with Crippen molar-refractivity contribution < 1.29 is 0 Å². The lowest BCUT2D eigenvalue weighted by atomic mass is 10.1. The van der Waals surface area contributed by atoms with Crippen LogP contribution >= 0.6 is 23.1 Å². The average Bonchev–Trinajstić information content (AvgIpc) is 3.24. The Labute approximate surface area is 197 Å². The number of rotatable bonds is 6. The molecule has 0 amide bonds. The summed E-state index contributed by atoms with van der Waals surface area (Å²) in [6.45, 7) is 6.20. The van der Waals surface area contributed by atoms with Gasteiger partial charge < -0.3 is 0 Å². The average molecular weight is 473 g/mol. The zero-order valence-electron chi connectivity index (χ0n) is 17.9. The Hall–Kier alpha value is -3.49. The number of nitrogens with zero attached hydrogens (tertiary/aromatic N) is 4. The number of fused-ring (bicyclic) bond motifs is 2. The minimum absolute atomic E-state index is 0.0919. The van der Waals surface area contributed by atoms with Gasteiger partial charge in [-0.3, -0.25) is 18.6 Å². The fourth-order valence-electron chi connectivity index (χ4n) is 3.67. The molecule has 0 spiro atoms. The van der Waals surface area contributed by atoms with Crippen molar-refractivity contribution in [1.29, 1.82) is 0 Å². The van der Waals surface area contributed by atoms with Crippen LogP contribution in [0.15, 0.2) is 87.5 Å². The van der Waals surface area contributed by atoms with Crippen molar-refractivity contribution in [2.75, 3.05) is 0 Å². The lowest BCUT2D eigenvalue weighted by molar-refractivity contribution is 0.673. The van der Waals surface area contributed by atoms with Gasteiger partial charge in [0, 0.05) is 35.5 Å². The number of aryl methyl sites for hydroxylation is 1. The van der Waals surface area contributed by atoms with E-state index in [9.17, 15) is 9.59 Å². The predicted molar refractivity (Wildman–Crippen MR) is 135 cm³/mol. The van der Waals surface area contributed by atoms with Gasteiger partial charge >= 0.3 is 0 Å². The van der Waals surface area contributed by atoms with Crippen LogP contribution in [0.1, 0.15) is 11.3 Å². The summed E-state index contributed by atoms with van der Waals surface area (Å²) in [7, 11) is 0. The van der Waals surface area contributed by atoms with Crippen LogP contribution in [0.4, 0.5) is 0 Å². The maximum Gasteiger partial charge on any atom is 0.263 e. The molecule has 33 heavy (non-hydrogen) atoms. The molecule has 1 aromatic carbocycles. The van der Waals surface area contributed by atoms with Crippen molar-refractivity contribution in [2.45, 2.75) is 24.4 Å². The van der Waals surface area contributed by atoms with E-state index in [2.05, 4.69) is 11.6 Å². The molecule has 0 N–H and O–H groups in total. The van der Waals surface area contributed by atoms with E-state index in [1.54, 1.807) is 29.0 Å². The van der Waals surface area contributed by atoms with Crippen LogP contribution < -0.4 is 11.1 Å². The Morgan fingerprint density at radius 1 is 1.12 bits per heavy atom. The third-order valence-electron chi connectivity index (χ3n) is 5.31. The van der Waals surface area contributed by atoms with Crippen LogP contribution in [-0.4, -0.2) is 18.9 Å². The van der Waals surface area contributed by atoms with E-state index in [4.69, 9.17) is 4.98 Å². The minimum Gasteiger partial charge on any atom is -0.283 e. The van der Waals surface area contributed by atoms with Gasteiger partial charge in [0.05, 0.1) is 11.1 Å². The van der Waals surface area contributed by atoms with E-state index < -0.39 is 0 Å². The third-order valence-corrected chi connectivity index (χ3v) is 7.19. The molecule has 0 atom stereocenters. The summed E-state index contributed by atoms with van der Waals surface area (Å²) in [6.07, 6.45) is 3.39. The van der Waals surface area contributed by atoms with Gasteiger partial charge in [0.25, 0.3) is 11.1 Å². The Morgan fingerprint density at radius 2 is 1.94 bits per heavy atom. The van der Waals surface area contributed by atoms with E-state index in [0.29, 0.717) is 39.0 Å². The van der Waals surface area contributed by atoms with Crippen molar-refractivity contribution in [3.63, 3.8) is 0 Å². The molecule has 0 fully saturated rings. The molecule has 0 bridgehead atoms. The Morgan fingerprint density at radius 3 is 2.73 bits per heavy atom. The first-order valence-electron chi connectivity index (χ1n) is 10.4.